The summed E-state index contributed by atoms with van der Waals surface area (Å²) < 4.78 is 35.3. The summed E-state index contributed by atoms with van der Waals surface area (Å²) in [6, 6.07) is 7.31. The van der Waals surface area contributed by atoms with Crippen LogP contribution in [0.1, 0.15) is 12.5 Å². The maximum absolute atomic E-state index is 11.8. The van der Waals surface area contributed by atoms with Crippen LogP contribution in [0, 0.1) is 0 Å². The fourth-order valence-corrected chi connectivity index (χ4v) is 2.29. The van der Waals surface area contributed by atoms with E-state index in [0.717, 1.165) is 0 Å². The molecule has 0 radical (unpaired) electrons. The van der Waals surface area contributed by atoms with E-state index in [9.17, 15) is 18.0 Å². The SMILES string of the molecule is CCOC(=O)[C@H](CS(=O)(=O)O)NC(=O)Cc1ccccc1. The molecule has 0 aliphatic carbocycles. The second-order valence-corrected chi connectivity index (χ2v) is 5.78. The van der Waals surface area contributed by atoms with Gasteiger partial charge in [0.1, 0.15) is 11.8 Å². The number of benzene rings is 1. The van der Waals surface area contributed by atoms with Crippen LogP contribution in [0.25, 0.3) is 0 Å². The Balaban J connectivity index is 2.71. The van der Waals surface area contributed by atoms with E-state index in [1.54, 1.807) is 37.3 Å². The summed E-state index contributed by atoms with van der Waals surface area (Å²) in [6.07, 6.45) is -0.0117. The van der Waals surface area contributed by atoms with Crippen LogP contribution in [-0.4, -0.2) is 43.2 Å². The van der Waals surface area contributed by atoms with Crippen LogP contribution in [0.5, 0.6) is 0 Å². The van der Waals surface area contributed by atoms with Gasteiger partial charge in [-0.3, -0.25) is 9.35 Å². The molecule has 2 N–H and O–H groups in total. The Kier molecular flexibility index (Phi) is 6.32. The minimum absolute atomic E-state index is 0.0117. The maximum Gasteiger partial charge on any atom is 0.329 e. The monoisotopic (exact) mass is 315 g/mol. The molecule has 0 spiro atoms. The summed E-state index contributed by atoms with van der Waals surface area (Å²) in [5.41, 5.74) is 0.712. The van der Waals surface area contributed by atoms with Gasteiger partial charge in [-0.05, 0) is 12.5 Å². The highest BCUT2D eigenvalue weighted by Gasteiger charge is 2.27. The molecular formula is C13H17NO6S. The third kappa shape index (κ3) is 6.87. The van der Waals surface area contributed by atoms with Crippen LogP contribution in [0.4, 0.5) is 0 Å². The van der Waals surface area contributed by atoms with Crippen LogP contribution in [0.3, 0.4) is 0 Å². The van der Waals surface area contributed by atoms with Gasteiger partial charge in [0.2, 0.25) is 5.91 Å². The van der Waals surface area contributed by atoms with Gasteiger partial charge in [-0.2, -0.15) is 8.42 Å². The number of hydrogen-bond donors (Lipinski definition) is 2. The van der Waals surface area contributed by atoms with E-state index in [1.807, 2.05) is 0 Å². The van der Waals surface area contributed by atoms with Crippen molar-refractivity contribution in [2.45, 2.75) is 19.4 Å². The van der Waals surface area contributed by atoms with E-state index in [1.165, 1.54) is 0 Å². The third-order valence-corrected chi connectivity index (χ3v) is 3.25. The van der Waals surface area contributed by atoms with Crippen molar-refractivity contribution in [1.82, 2.24) is 5.32 Å². The lowest BCUT2D eigenvalue weighted by molar-refractivity contribution is -0.146. The smallest absolute Gasteiger partial charge is 0.329 e. The molecule has 1 rings (SSSR count). The zero-order chi connectivity index (χ0) is 15.9. The molecule has 1 atom stereocenters. The fourth-order valence-electron chi connectivity index (χ4n) is 1.65. The van der Waals surface area contributed by atoms with E-state index >= 15 is 0 Å². The molecule has 0 aliphatic heterocycles. The van der Waals surface area contributed by atoms with Crippen LogP contribution in [0.15, 0.2) is 30.3 Å². The lowest BCUT2D eigenvalue weighted by Gasteiger charge is -2.15. The Labute approximate surface area is 123 Å². The van der Waals surface area contributed by atoms with E-state index in [4.69, 9.17) is 4.55 Å². The van der Waals surface area contributed by atoms with Gasteiger partial charge in [-0.25, -0.2) is 4.79 Å². The number of nitrogens with one attached hydrogen (secondary N) is 1. The Hall–Kier alpha value is -1.93. The number of rotatable bonds is 7. The van der Waals surface area contributed by atoms with Crippen molar-refractivity contribution in [3.8, 4) is 0 Å². The number of carbonyl (C=O) groups is 2. The number of hydrogen-bond acceptors (Lipinski definition) is 5. The zero-order valence-corrected chi connectivity index (χ0v) is 12.3. The van der Waals surface area contributed by atoms with Gasteiger partial charge < -0.3 is 10.1 Å². The lowest BCUT2D eigenvalue weighted by Crippen LogP contribution is -2.46. The molecule has 1 aromatic carbocycles. The number of esters is 1. The molecule has 7 nitrogen and oxygen atoms in total. The highest BCUT2D eigenvalue weighted by molar-refractivity contribution is 7.85. The van der Waals surface area contributed by atoms with Gasteiger partial charge in [0.25, 0.3) is 10.1 Å². The molecule has 0 aromatic heterocycles. The van der Waals surface area contributed by atoms with Gasteiger partial charge in [0.15, 0.2) is 0 Å². The van der Waals surface area contributed by atoms with Crippen molar-refractivity contribution in [2.75, 3.05) is 12.4 Å². The highest BCUT2D eigenvalue weighted by Crippen LogP contribution is 2.01. The van der Waals surface area contributed by atoms with Crippen molar-refractivity contribution in [3.05, 3.63) is 35.9 Å². The Morgan fingerprint density at radius 1 is 1.29 bits per heavy atom. The normalized spacial score (nSPS) is 12.5. The number of amides is 1. The molecule has 0 heterocycles. The standard InChI is InChI=1S/C13H17NO6S/c1-2-20-13(16)11(9-21(17,18)19)14-12(15)8-10-6-4-3-5-7-10/h3-7,11H,2,8-9H2,1H3,(H,14,15)(H,17,18,19)/t11-/m0/s1. The van der Waals surface area contributed by atoms with E-state index < -0.39 is 33.8 Å². The summed E-state index contributed by atoms with van der Waals surface area (Å²) >= 11 is 0. The Morgan fingerprint density at radius 2 is 1.90 bits per heavy atom. The first-order chi connectivity index (χ1) is 9.81. The van der Waals surface area contributed by atoms with Crippen LogP contribution < -0.4 is 5.32 Å². The van der Waals surface area contributed by atoms with Crippen LogP contribution >= 0.6 is 0 Å². The molecule has 21 heavy (non-hydrogen) atoms. The number of ether oxygens (including phenoxy) is 1. The predicted molar refractivity (Wildman–Crippen MR) is 75.1 cm³/mol. The summed E-state index contributed by atoms with van der Waals surface area (Å²) in [5.74, 6) is -2.37. The van der Waals surface area contributed by atoms with Gasteiger partial charge in [0, 0.05) is 0 Å². The van der Waals surface area contributed by atoms with Gasteiger partial charge in [-0.1, -0.05) is 30.3 Å². The van der Waals surface area contributed by atoms with Gasteiger partial charge in [-0.15, -0.1) is 0 Å². The van der Waals surface area contributed by atoms with Crippen molar-refractivity contribution < 1.29 is 27.3 Å². The maximum atomic E-state index is 11.8. The van der Waals surface area contributed by atoms with Crippen molar-refractivity contribution in [2.24, 2.45) is 0 Å². The second-order valence-electron chi connectivity index (χ2n) is 4.28. The highest BCUT2D eigenvalue weighted by atomic mass is 32.2. The molecule has 0 bridgehead atoms. The molecule has 116 valence electrons. The molecule has 0 fully saturated rings. The van der Waals surface area contributed by atoms with E-state index in [2.05, 4.69) is 10.1 Å². The first-order valence-electron chi connectivity index (χ1n) is 6.27. The molecule has 0 saturated heterocycles. The quantitative estimate of drug-likeness (QED) is 0.548. The molecule has 0 aliphatic rings. The van der Waals surface area contributed by atoms with Gasteiger partial charge in [0.05, 0.1) is 13.0 Å². The average Bonchev–Trinajstić information content (AvgIpc) is 2.37. The molecule has 1 amide bonds. The minimum atomic E-state index is -4.42. The topological polar surface area (TPSA) is 110 Å². The predicted octanol–water partition coefficient (Wildman–Crippen LogP) is 0.165. The summed E-state index contributed by atoms with van der Waals surface area (Å²) in [6.45, 7) is 1.59. The largest absolute Gasteiger partial charge is 0.464 e. The summed E-state index contributed by atoms with van der Waals surface area (Å²) in [7, 11) is -4.42. The summed E-state index contributed by atoms with van der Waals surface area (Å²) in [4.78, 5) is 23.4. The van der Waals surface area contributed by atoms with E-state index in [0.29, 0.717) is 5.56 Å². The number of carbonyl (C=O) groups excluding carboxylic acids is 2. The first-order valence-corrected chi connectivity index (χ1v) is 7.88. The Morgan fingerprint density at radius 3 is 2.43 bits per heavy atom. The van der Waals surface area contributed by atoms with Crippen molar-refractivity contribution in [3.63, 3.8) is 0 Å². The lowest BCUT2D eigenvalue weighted by atomic mass is 10.1. The molecule has 0 unspecified atom stereocenters. The second kappa shape index (κ2) is 7.75. The first kappa shape index (κ1) is 17.1. The molecule has 8 heteroatoms. The van der Waals surface area contributed by atoms with Gasteiger partial charge >= 0.3 is 5.97 Å². The Bertz CT molecular complexity index is 584. The molecule has 0 saturated carbocycles. The van der Waals surface area contributed by atoms with E-state index in [-0.39, 0.29) is 13.0 Å². The molecule has 1 aromatic rings. The van der Waals surface area contributed by atoms with Crippen molar-refractivity contribution in [1.29, 1.82) is 0 Å². The summed E-state index contributed by atoms with van der Waals surface area (Å²) in [5, 5.41) is 2.25. The fraction of sp³-hybridized carbons (Fsp3) is 0.385. The molecular weight excluding hydrogens is 298 g/mol. The zero-order valence-electron chi connectivity index (χ0n) is 11.5. The average molecular weight is 315 g/mol. The van der Waals surface area contributed by atoms with Crippen molar-refractivity contribution >= 4 is 22.0 Å². The third-order valence-electron chi connectivity index (χ3n) is 2.49. The minimum Gasteiger partial charge on any atom is -0.464 e. The van der Waals surface area contributed by atoms with Crippen LogP contribution in [0.2, 0.25) is 0 Å². The van der Waals surface area contributed by atoms with Crippen LogP contribution in [-0.2, 0) is 30.9 Å².